The number of amides is 1. The topological polar surface area (TPSA) is 382 Å². The van der Waals surface area contributed by atoms with E-state index in [1.54, 1.807) is 0 Å². The number of nitrogens with one attached hydrogen (secondary N) is 1. The smallest absolute Gasteiger partial charge is 0.251 e. The molecule has 0 radical (unpaired) electrons. The Labute approximate surface area is 276 Å². The number of carbonyl (C=O) groups is 1. The van der Waals surface area contributed by atoms with Gasteiger partial charge in [0, 0.05) is 38.5 Å². The molecule has 21 nitrogen and oxygen atoms in total. The molecule has 1 aliphatic carbocycles. The Morgan fingerprint density at radius 1 is 0.750 bits per heavy atom. The lowest BCUT2D eigenvalue weighted by molar-refractivity contribution is -0.295. The quantitative estimate of drug-likeness (QED) is 0.0848. The van der Waals surface area contributed by atoms with Gasteiger partial charge in [0.05, 0.1) is 49.1 Å². The highest BCUT2D eigenvalue weighted by Gasteiger charge is 2.54. The van der Waals surface area contributed by atoms with Gasteiger partial charge in [-0.05, 0) is 6.42 Å². The largest absolute Gasteiger partial charge is 0.394 e. The van der Waals surface area contributed by atoms with E-state index >= 15 is 0 Å². The molecule has 4 fully saturated rings. The Kier molecular flexibility index (Phi) is 14.2. The number of carbonyl (C=O) groups excluding carboxylic acids is 1. The van der Waals surface area contributed by atoms with Gasteiger partial charge in [-0.2, -0.15) is 0 Å². The predicted octanol–water partition coefficient (Wildman–Crippen LogP) is -9.00. The van der Waals surface area contributed by atoms with Crippen LogP contribution in [0.2, 0.25) is 0 Å². The first-order chi connectivity index (χ1) is 22.7. The highest BCUT2D eigenvalue weighted by molar-refractivity contribution is 5.81. The van der Waals surface area contributed by atoms with Crippen LogP contribution in [-0.2, 0) is 33.2 Å². The minimum atomic E-state index is -1.93. The van der Waals surface area contributed by atoms with E-state index in [2.05, 4.69) is 5.32 Å². The number of hydrogen-bond acceptors (Lipinski definition) is 20. The van der Waals surface area contributed by atoms with Crippen LogP contribution >= 0.6 is 0 Å². The summed E-state index contributed by atoms with van der Waals surface area (Å²) >= 11 is 0. The molecule has 1 saturated carbocycles. The van der Waals surface area contributed by atoms with Crippen LogP contribution in [0.1, 0.15) is 19.3 Å². The van der Waals surface area contributed by atoms with Gasteiger partial charge in [-0.25, -0.2) is 0 Å². The van der Waals surface area contributed by atoms with Gasteiger partial charge < -0.3 is 104 Å². The molecule has 3 aliphatic heterocycles. The van der Waals surface area contributed by atoms with Crippen molar-refractivity contribution in [1.82, 2.24) is 5.32 Å². The third-order valence-electron chi connectivity index (χ3n) is 9.27. The summed E-state index contributed by atoms with van der Waals surface area (Å²) in [4.78, 5) is 12.7. The van der Waals surface area contributed by atoms with Crippen molar-refractivity contribution in [3.63, 3.8) is 0 Å². The molecule has 4 aliphatic rings. The van der Waals surface area contributed by atoms with Crippen LogP contribution in [0.25, 0.3) is 0 Å². The highest BCUT2D eigenvalue weighted by Crippen LogP contribution is 2.34. The first kappa shape index (κ1) is 39.5. The second kappa shape index (κ2) is 17.3. The Morgan fingerprint density at radius 3 is 1.77 bits per heavy atom. The summed E-state index contributed by atoms with van der Waals surface area (Å²) in [6.07, 6.45) is -19.4. The maximum Gasteiger partial charge on any atom is 0.251 e. The van der Waals surface area contributed by atoms with Gasteiger partial charge in [0.2, 0.25) is 0 Å². The van der Waals surface area contributed by atoms with Crippen molar-refractivity contribution in [2.45, 2.75) is 136 Å². The van der Waals surface area contributed by atoms with Crippen molar-refractivity contribution in [3.05, 3.63) is 0 Å². The number of rotatable bonds is 13. The van der Waals surface area contributed by atoms with Gasteiger partial charge in [-0.15, -0.1) is 0 Å². The van der Waals surface area contributed by atoms with E-state index in [0.717, 1.165) is 0 Å². The zero-order chi connectivity index (χ0) is 35.4. The van der Waals surface area contributed by atoms with Crippen LogP contribution in [0.5, 0.6) is 0 Å². The summed E-state index contributed by atoms with van der Waals surface area (Å²) in [5.74, 6) is -1.05. The summed E-state index contributed by atoms with van der Waals surface area (Å²) in [7, 11) is 0. The average molecular weight is 700 g/mol. The highest BCUT2D eigenvalue weighted by atomic mass is 16.8. The van der Waals surface area contributed by atoms with E-state index in [4.69, 9.17) is 62.8 Å². The number of aliphatic hydroxyl groups is 7. The van der Waals surface area contributed by atoms with Gasteiger partial charge in [0.25, 0.3) is 5.91 Å². The lowest BCUT2D eigenvalue weighted by atomic mass is 9.83. The SMILES string of the molecule is NC[C@@H]1C[C@@H](O)[C@@H](N)[C@@H](O[C@H]2[C@H](O[C@@H]3O[C@H](CO)[C@@H](O[C@H]4O[C@@H](CN)C[C@H](O)[C@H]4N)[C@H]3O)[C@@H](O)[C@H](NC(=O)[C@@H](O)[C@@H](O)CN)C[C@@H]2N)O1. The van der Waals surface area contributed by atoms with E-state index in [0.29, 0.717) is 0 Å². The minimum Gasteiger partial charge on any atom is -0.394 e. The molecule has 0 bridgehead atoms. The fourth-order valence-corrected chi connectivity index (χ4v) is 6.32. The summed E-state index contributed by atoms with van der Waals surface area (Å²) in [5.41, 5.74) is 35.5. The zero-order valence-electron chi connectivity index (χ0n) is 26.4. The van der Waals surface area contributed by atoms with Crippen molar-refractivity contribution in [2.24, 2.45) is 34.4 Å². The predicted molar refractivity (Wildman–Crippen MR) is 161 cm³/mol. The third kappa shape index (κ3) is 8.77. The van der Waals surface area contributed by atoms with Crippen LogP contribution in [0.15, 0.2) is 0 Å². The number of ether oxygens (including phenoxy) is 6. The number of nitrogens with two attached hydrogens (primary N) is 6. The lowest BCUT2D eigenvalue weighted by Gasteiger charge is -2.47. The zero-order valence-corrected chi connectivity index (χ0v) is 26.4. The molecule has 280 valence electrons. The second-order valence-electron chi connectivity index (χ2n) is 12.8. The average Bonchev–Trinajstić information content (AvgIpc) is 3.36. The van der Waals surface area contributed by atoms with Crippen LogP contribution < -0.4 is 39.7 Å². The van der Waals surface area contributed by atoms with E-state index in [-0.39, 0.29) is 32.4 Å². The molecule has 20 N–H and O–H groups in total. The molecule has 48 heavy (non-hydrogen) atoms. The van der Waals surface area contributed by atoms with E-state index in [9.17, 15) is 40.5 Å². The van der Waals surface area contributed by atoms with Crippen molar-refractivity contribution < 1.29 is 69.0 Å². The van der Waals surface area contributed by atoms with Crippen molar-refractivity contribution in [1.29, 1.82) is 0 Å². The fraction of sp³-hybridized carbons (Fsp3) is 0.963. The van der Waals surface area contributed by atoms with Gasteiger partial charge in [-0.1, -0.05) is 0 Å². The molecule has 21 heteroatoms. The monoisotopic (exact) mass is 699 g/mol. The summed E-state index contributed by atoms with van der Waals surface area (Å²) in [5, 5.41) is 76.2. The first-order valence-corrected chi connectivity index (χ1v) is 16.0. The number of hydrogen-bond donors (Lipinski definition) is 14. The van der Waals surface area contributed by atoms with Gasteiger partial charge in [-0.3, -0.25) is 4.79 Å². The van der Waals surface area contributed by atoms with Crippen LogP contribution in [0.3, 0.4) is 0 Å². The minimum absolute atomic E-state index is 0.0391. The molecule has 3 heterocycles. The molecule has 0 unspecified atom stereocenters. The van der Waals surface area contributed by atoms with Crippen LogP contribution in [-0.4, -0.2) is 184 Å². The van der Waals surface area contributed by atoms with Gasteiger partial charge >= 0.3 is 0 Å². The molecule has 4 rings (SSSR count). The maximum atomic E-state index is 12.7. The first-order valence-electron chi connectivity index (χ1n) is 16.0. The van der Waals surface area contributed by atoms with Gasteiger partial charge in [0.15, 0.2) is 25.0 Å². The maximum absolute atomic E-state index is 12.7. The van der Waals surface area contributed by atoms with Crippen molar-refractivity contribution in [2.75, 3.05) is 26.2 Å². The van der Waals surface area contributed by atoms with Crippen molar-refractivity contribution >= 4 is 5.91 Å². The lowest BCUT2D eigenvalue weighted by Crippen LogP contribution is -2.68. The Morgan fingerprint density at radius 2 is 1.27 bits per heavy atom. The Balaban J connectivity index is 1.56. The summed E-state index contributed by atoms with van der Waals surface area (Å²) < 4.78 is 35.4. The van der Waals surface area contributed by atoms with E-state index in [1.807, 2.05) is 0 Å². The third-order valence-corrected chi connectivity index (χ3v) is 9.27. The normalized spacial score (nSPS) is 46.6. The van der Waals surface area contributed by atoms with E-state index < -0.39 is 135 Å². The summed E-state index contributed by atoms with van der Waals surface area (Å²) in [6.45, 7) is -0.990. The van der Waals surface area contributed by atoms with Crippen LogP contribution in [0.4, 0.5) is 0 Å². The standard InChI is InChI=1S/C27H53N7O14/c28-4-8-1-12(36)16(32)25(43-8)46-21-10(31)3-11(34-24(42)19(40)14(38)6-30)18(39)23(21)48-27-20(41)22(15(7-35)45-27)47-26-17(33)13(37)2-9(5-29)44-26/h8-23,25-27,35-41H,1-7,28-33H2,(H,34,42)/t8-,9+,10-,11+,12+,13-,14-,15+,16+,17+,18-,19-,20+,21+,22+,23+,25+,26+,27-/m0/s1. The molecule has 3 saturated heterocycles. The van der Waals surface area contributed by atoms with Crippen LogP contribution in [0, 0.1) is 0 Å². The van der Waals surface area contributed by atoms with Crippen molar-refractivity contribution in [3.8, 4) is 0 Å². The number of aliphatic hydroxyl groups excluding tert-OH is 7. The molecule has 0 aromatic heterocycles. The molecular formula is C27H53N7O14. The molecule has 0 aromatic carbocycles. The molecule has 19 atom stereocenters. The van der Waals surface area contributed by atoms with Gasteiger partial charge in [0.1, 0.15) is 42.7 Å². The summed E-state index contributed by atoms with van der Waals surface area (Å²) in [6, 6.07) is -4.31. The second-order valence-corrected chi connectivity index (χ2v) is 12.8. The molecule has 0 spiro atoms. The molecule has 0 aromatic rings. The fourth-order valence-electron chi connectivity index (χ4n) is 6.32. The van der Waals surface area contributed by atoms with E-state index in [1.165, 1.54) is 0 Å². The Hall–Kier alpha value is -1.29. The Bertz CT molecular complexity index is 1030. The molecular weight excluding hydrogens is 646 g/mol. The molecule has 1 amide bonds.